The van der Waals surface area contributed by atoms with Crippen LogP contribution in [0, 0.1) is 6.92 Å². The number of rotatable bonds is 7. The summed E-state index contributed by atoms with van der Waals surface area (Å²) in [6, 6.07) is 23.1. The number of aromatic nitrogens is 2. The minimum absolute atomic E-state index is 0.166. The van der Waals surface area contributed by atoms with Crippen molar-refractivity contribution in [3.05, 3.63) is 94.6 Å². The largest absolute Gasteiger partial charge is 0.497 e. The number of amides is 2. The number of nitrogens with one attached hydrogen (secondary N) is 1. The van der Waals surface area contributed by atoms with Crippen molar-refractivity contribution >= 4 is 29.1 Å². The Morgan fingerprint density at radius 2 is 1.55 bits per heavy atom. The molecule has 1 aliphatic heterocycles. The smallest absolute Gasteiger partial charge is 0.321 e. The minimum Gasteiger partial charge on any atom is -0.497 e. The molecule has 40 heavy (non-hydrogen) atoms. The number of halogens is 1. The van der Waals surface area contributed by atoms with Crippen LogP contribution in [0.2, 0.25) is 5.02 Å². The standard InChI is InChI=1S/C31H32ClN5O3/c1-21-28(17-22-7-5-4-6-8-22)30(35-29(33-21)23-9-11-24(32)12-10-23)36-13-15-37(16-14-36)31(38)34-25-18-26(39-2)20-27(19-25)40-3/h4-12,18-20H,13-17H2,1-3H3,(H,34,38). The number of urea groups is 1. The SMILES string of the molecule is COc1cc(NC(=O)N2CCN(c3nc(-c4ccc(Cl)cc4)nc(C)c3Cc3ccccc3)CC2)cc(OC)c1. The molecule has 8 nitrogen and oxygen atoms in total. The third-order valence-corrected chi connectivity index (χ3v) is 7.24. The van der Waals surface area contributed by atoms with Gasteiger partial charge in [0.25, 0.3) is 0 Å². The summed E-state index contributed by atoms with van der Waals surface area (Å²) in [6.07, 6.45) is 0.723. The van der Waals surface area contributed by atoms with Crippen molar-refractivity contribution in [2.75, 3.05) is 50.6 Å². The van der Waals surface area contributed by atoms with Crippen LogP contribution in [-0.2, 0) is 6.42 Å². The van der Waals surface area contributed by atoms with Crippen molar-refractivity contribution in [2.45, 2.75) is 13.3 Å². The van der Waals surface area contributed by atoms with Crippen molar-refractivity contribution in [3.63, 3.8) is 0 Å². The first-order valence-electron chi connectivity index (χ1n) is 13.1. The maximum Gasteiger partial charge on any atom is 0.321 e. The molecule has 0 unspecified atom stereocenters. The number of hydrogen-bond acceptors (Lipinski definition) is 6. The Labute approximate surface area is 239 Å². The second-order valence-electron chi connectivity index (χ2n) is 9.61. The highest BCUT2D eigenvalue weighted by Crippen LogP contribution is 2.30. The van der Waals surface area contributed by atoms with E-state index in [4.69, 9.17) is 31.0 Å². The van der Waals surface area contributed by atoms with Crippen LogP contribution in [0.4, 0.5) is 16.3 Å². The average Bonchev–Trinajstić information content (AvgIpc) is 2.98. The Bertz CT molecular complexity index is 1450. The number of aryl methyl sites for hydroxylation is 1. The van der Waals surface area contributed by atoms with Crippen LogP contribution in [0.3, 0.4) is 0 Å². The van der Waals surface area contributed by atoms with Gasteiger partial charge >= 0.3 is 6.03 Å². The molecule has 2 amide bonds. The zero-order chi connectivity index (χ0) is 28.1. The van der Waals surface area contributed by atoms with Gasteiger partial charge in [-0.05, 0) is 36.8 Å². The van der Waals surface area contributed by atoms with Crippen molar-refractivity contribution in [2.24, 2.45) is 0 Å². The zero-order valence-corrected chi connectivity index (χ0v) is 23.6. The first kappa shape index (κ1) is 27.3. The summed E-state index contributed by atoms with van der Waals surface area (Å²) in [5.74, 6) is 2.79. The fourth-order valence-electron chi connectivity index (χ4n) is 4.78. The fourth-order valence-corrected chi connectivity index (χ4v) is 4.91. The number of piperazine rings is 1. The monoisotopic (exact) mass is 557 g/mol. The molecule has 0 aliphatic carbocycles. The summed E-state index contributed by atoms with van der Waals surface area (Å²) >= 11 is 6.12. The highest BCUT2D eigenvalue weighted by atomic mass is 35.5. The molecule has 4 aromatic rings. The van der Waals surface area contributed by atoms with Crippen LogP contribution >= 0.6 is 11.6 Å². The van der Waals surface area contributed by atoms with Crippen LogP contribution < -0.4 is 19.7 Å². The molecule has 2 heterocycles. The van der Waals surface area contributed by atoms with Gasteiger partial charge in [-0.1, -0.05) is 41.9 Å². The van der Waals surface area contributed by atoms with Crippen molar-refractivity contribution < 1.29 is 14.3 Å². The molecule has 1 aromatic heterocycles. The van der Waals surface area contributed by atoms with Gasteiger partial charge in [0.05, 0.1) is 14.2 Å². The molecule has 206 valence electrons. The van der Waals surface area contributed by atoms with E-state index < -0.39 is 0 Å². The lowest BCUT2D eigenvalue weighted by Gasteiger charge is -2.36. The van der Waals surface area contributed by atoms with Gasteiger partial charge in [-0.15, -0.1) is 0 Å². The normalized spacial score (nSPS) is 13.2. The fraction of sp³-hybridized carbons (Fsp3) is 0.258. The maximum atomic E-state index is 13.1. The molecular formula is C31H32ClN5O3. The van der Waals surface area contributed by atoms with Crippen molar-refractivity contribution in [3.8, 4) is 22.9 Å². The molecule has 0 bridgehead atoms. The minimum atomic E-state index is -0.166. The molecule has 9 heteroatoms. The second kappa shape index (κ2) is 12.3. The Kier molecular flexibility index (Phi) is 8.36. The molecule has 3 aromatic carbocycles. The number of carbonyl (C=O) groups excluding carboxylic acids is 1. The summed E-state index contributed by atoms with van der Waals surface area (Å²) in [6.45, 7) is 4.43. The van der Waals surface area contributed by atoms with E-state index in [1.807, 2.05) is 54.3 Å². The van der Waals surface area contributed by atoms with Gasteiger partial charge in [-0.25, -0.2) is 14.8 Å². The molecule has 1 aliphatic rings. The van der Waals surface area contributed by atoms with Crippen molar-refractivity contribution in [1.29, 1.82) is 0 Å². The van der Waals surface area contributed by atoms with Crippen molar-refractivity contribution in [1.82, 2.24) is 14.9 Å². The lowest BCUT2D eigenvalue weighted by Crippen LogP contribution is -2.50. The number of hydrogen-bond donors (Lipinski definition) is 1. The number of ether oxygens (including phenoxy) is 2. The average molecular weight is 558 g/mol. The predicted octanol–water partition coefficient (Wildman–Crippen LogP) is 6.07. The maximum absolute atomic E-state index is 13.1. The molecule has 1 saturated heterocycles. The number of nitrogens with zero attached hydrogens (tertiary/aromatic N) is 4. The predicted molar refractivity (Wildman–Crippen MR) is 159 cm³/mol. The summed E-state index contributed by atoms with van der Waals surface area (Å²) in [5, 5.41) is 3.65. The molecule has 0 atom stereocenters. The van der Waals surface area contributed by atoms with Crippen LogP contribution in [0.25, 0.3) is 11.4 Å². The highest BCUT2D eigenvalue weighted by molar-refractivity contribution is 6.30. The van der Waals surface area contributed by atoms with E-state index in [1.54, 1.807) is 32.4 Å². The number of carbonyl (C=O) groups is 1. The van der Waals surface area contributed by atoms with Gasteiger partial charge in [-0.3, -0.25) is 0 Å². The molecule has 5 rings (SSSR count). The number of benzene rings is 3. The number of methoxy groups -OCH3 is 2. The molecule has 1 N–H and O–H groups in total. The third kappa shape index (κ3) is 6.29. The topological polar surface area (TPSA) is 79.8 Å². The van der Waals surface area contributed by atoms with Gasteiger partial charge in [0.1, 0.15) is 17.3 Å². The van der Waals surface area contributed by atoms with Crippen LogP contribution in [-0.4, -0.2) is 61.3 Å². The van der Waals surface area contributed by atoms with Gasteiger partial charge < -0.3 is 24.6 Å². The van der Waals surface area contributed by atoms with E-state index >= 15 is 0 Å². The Morgan fingerprint density at radius 3 is 2.17 bits per heavy atom. The van der Waals surface area contributed by atoms with Gasteiger partial charge in [-0.2, -0.15) is 0 Å². The lowest BCUT2D eigenvalue weighted by atomic mass is 10.0. The summed E-state index contributed by atoms with van der Waals surface area (Å²) in [4.78, 5) is 27.1. The van der Waals surface area contributed by atoms with Gasteiger partial charge in [0.15, 0.2) is 5.82 Å². The van der Waals surface area contributed by atoms with Crippen LogP contribution in [0.5, 0.6) is 11.5 Å². The molecule has 1 fully saturated rings. The van der Waals surface area contributed by atoms with Gasteiger partial charge in [0.2, 0.25) is 0 Å². The molecule has 0 saturated carbocycles. The third-order valence-electron chi connectivity index (χ3n) is 6.99. The quantitative estimate of drug-likeness (QED) is 0.297. The Balaban J connectivity index is 1.37. The van der Waals surface area contributed by atoms with E-state index in [0.29, 0.717) is 54.2 Å². The zero-order valence-electron chi connectivity index (χ0n) is 22.9. The van der Waals surface area contributed by atoms with E-state index in [0.717, 1.165) is 29.1 Å². The summed E-state index contributed by atoms with van der Waals surface area (Å²) < 4.78 is 10.7. The molecular weight excluding hydrogens is 526 g/mol. The molecule has 0 spiro atoms. The first-order chi connectivity index (χ1) is 19.4. The van der Waals surface area contributed by atoms with E-state index in [2.05, 4.69) is 22.3 Å². The summed E-state index contributed by atoms with van der Waals surface area (Å²) in [7, 11) is 3.16. The molecule has 0 radical (unpaired) electrons. The van der Waals surface area contributed by atoms with Gasteiger partial charge in [0, 0.05) is 78.3 Å². The highest BCUT2D eigenvalue weighted by Gasteiger charge is 2.26. The van der Waals surface area contributed by atoms with Crippen LogP contribution in [0.1, 0.15) is 16.8 Å². The van der Waals surface area contributed by atoms with E-state index in [1.165, 1.54) is 5.56 Å². The first-order valence-corrected chi connectivity index (χ1v) is 13.5. The summed E-state index contributed by atoms with van der Waals surface area (Å²) in [5.41, 5.74) is 4.75. The second-order valence-corrected chi connectivity index (χ2v) is 10.0. The van der Waals surface area contributed by atoms with E-state index in [9.17, 15) is 4.79 Å². The Morgan fingerprint density at radius 1 is 0.900 bits per heavy atom. The van der Waals surface area contributed by atoms with E-state index in [-0.39, 0.29) is 6.03 Å². The Hall–Kier alpha value is -4.30. The van der Waals surface area contributed by atoms with Crippen LogP contribution in [0.15, 0.2) is 72.8 Å². The number of anilines is 2. The lowest BCUT2D eigenvalue weighted by molar-refractivity contribution is 0.208.